The van der Waals surface area contributed by atoms with Crippen molar-refractivity contribution < 1.29 is 14.3 Å². The molecule has 0 saturated heterocycles. The summed E-state index contributed by atoms with van der Waals surface area (Å²) >= 11 is 0. The maximum absolute atomic E-state index is 13.6. The maximum atomic E-state index is 13.6. The van der Waals surface area contributed by atoms with Crippen molar-refractivity contribution in [2.45, 2.75) is 51.6 Å². The van der Waals surface area contributed by atoms with Gasteiger partial charge in [0.25, 0.3) is 0 Å². The van der Waals surface area contributed by atoms with Gasteiger partial charge in [0.15, 0.2) is 5.78 Å². The third kappa shape index (κ3) is 4.58. The first-order valence-corrected chi connectivity index (χ1v) is 11.5. The van der Waals surface area contributed by atoms with Crippen molar-refractivity contribution in [2.75, 3.05) is 19.0 Å². The number of benzene rings is 2. The van der Waals surface area contributed by atoms with Gasteiger partial charge in [-0.1, -0.05) is 42.5 Å². The first-order valence-electron chi connectivity index (χ1n) is 11.5. The number of nitrogens with zero attached hydrogens (tertiary/aromatic N) is 1. The maximum Gasteiger partial charge on any atom is 0.337 e. The van der Waals surface area contributed by atoms with Crippen LogP contribution in [0.15, 0.2) is 77.1 Å². The van der Waals surface area contributed by atoms with E-state index in [0.29, 0.717) is 17.6 Å². The van der Waals surface area contributed by atoms with Gasteiger partial charge in [-0.15, -0.1) is 0 Å². The second kappa shape index (κ2) is 9.26. The van der Waals surface area contributed by atoms with Crippen LogP contribution in [0.2, 0.25) is 0 Å². The fourth-order valence-electron chi connectivity index (χ4n) is 4.85. The highest BCUT2D eigenvalue weighted by Crippen LogP contribution is 2.46. The van der Waals surface area contributed by atoms with E-state index in [1.165, 1.54) is 0 Å². The lowest BCUT2D eigenvalue weighted by Gasteiger charge is -2.37. The van der Waals surface area contributed by atoms with E-state index in [9.17, 15) is 9.59 Å². The van der Waals surface area contributed by atoms with Crippen molar-refractivity contribution in [3.8, 4) is 0 Å². The summed E-state index contributed by atoms with van der Waals surface area (Å²) in [5, 5.41) is 3.41. The molecule has 0 amide bonds. The van der Waals surface area contributed by atoms with E-state index in [1.54, 1.807) is 0 Å². The highest BCUT2D eigenvalue weighted by atomic mass is 16.5. The van der Waals surface area contributed by atoms with Crippen molar-refractivity contribution in [2.24, 2.45) is 0 Å². The fourth-order valence-corrected chi connectivity index (χ4v) is 4.85. The zero-order valence-corrected chi connectivity index (χ0v) is 20.0. The third-order valence-electron chi connectivity index (χ3n) is 6.40. The zero-order valence-electron chi connectivity index (χ0n) is 20.0. The molecule has 0 saturated carbocycles. The number of hydrogen-bond acceptors (Lipinski definition) is 5. The first-order chi connectivity index (χ1) is 15.8. The molecule has 1 heterocycles. The number of carbonyl (C=O) groups excluding carboxylic acids is 2. The monoisotopic (exact) mass is 444 g/mol. The van der Waals surface area contributed by atoms with E-state index in [-0.39, 0.29) is 23.8 Å². The number of allylic oxidation sites excluding steroid dienone is 3. The van der Waals surface area contributed by atoms with E-state index >= 15 is 0 Å². The Balaban J connectivity index is 1.79. The molecule has 33 heavy (non-hydrogen) atoms. The van der Waals surface area contributed by atoms with Gasteiger partial charge in [-0.05, 0) is 56.4 Å². The highest BCUT2D eigenvalue weighted by molar-refractivity contribution is 6.04. The molecular weight excluding hydrogens is 412 g/mol. The average Bonchev–Trinajstić information content (AvgIpc) is 2.78. The Kier molecular flexibility index (Phi) is 6.41. The van der Waals surface area contributed by atoms with Crippen LogP contribution in [0.25, 0.3) is 0 Å². The van der Waals surface area contributed by atoms with E-state index in [1.807, 2.05) is 82.2 Å². The Morgan fingerprint density at radius 3 is 2.27 bits per heavy atom. The Bertz CT molecular complexity index is 1110. The van der Waals surface area contributed by atoms with Gasteiger partial charge in [-0.25, -0.2) is 4.79 Å². The Morgan fingerprint density at radius 2 is 1.67 bits per heavy atom. The minimum absolute atomic E-state index is 0.0848. The van der Waals surface area contributed by atoms with Crippen molar-refractivity contribution in [3.05, 3.63) is 88.3 Å². The van der Waals surface area contributed by atoms with Crippen LogP contribution in [-0.2, 0) is 14.3 Å². The molecule has 0 radical (unpaired) electrons. The lowest BCUT2D eigenvalue weighted by molar-refractivity contribution is -0.143. The molecule has 0 bridgehead atoms. The Labute approximate surface area is 196 Å². The number of rotatable bonds is 5. The number of Topliss-reactive ketones (excluding diaryl/α,β-unsaturated/α-hetero) is 1. The first kappa shape index (κ1) is 22.8. The number of nitrogens with one attached hydrogen (secondary N) is 1. The molecule has 5 nitrogen and oxygen atoms in total. The molecule has 5 heteroatoms. The van der Waals surface area contributed by atoms with Gasteiger partial charge in [0.1, 0.15) is 0 Å². The minimum atomic E-state index is -0.437. The van der Waals surface area contributed by atoms with Gasteiger partial charge in [-0.2, -0.15) is 0 Å². The lowest BCUT2D eigenvalue weighted by Crippen LogP contribution is -2.36. The fraction of sp³-hybridized carbons (Fsp3) is 0.357. The molecule has 0 fully saturated rings. The predicted molar refractivity (Wildman–Crippen MR) is 131 cm³/mol. The molecule has 0 aromatic heterocycles. The van der Waals surface area contributed by atoms with Crippen LogP contribution in [0.4, 0.5) is 5.69 Å². The van der Waals surface area contributed by atoms with Crippen LogP contribution >= 0.6 is 0 Å². The highest BCUT2D eigenvalue weighted by Gasteiger charge is 2.41. The second-order valence-corrected chi connectivity index (χ2v) is 9.37. The molecule has 1 aliphatic carbocycles. The second-order valence-electron chi connectivity index (χ2n) is 9.37. The van der Waals surface area contributed by atoms with Gasteiger partial charge in [0, 0.05) is 49.1 Å². The summed E-state index contributed by atoms with van der Waals surface area (Å²) in [6.45, 7) is 5.58. The molecule has 1 N–H and O–H groups in total. The summed E-state index contributed by atoms with van der Waals surface area (Å²) in [7, 11) is 3.98. The average molecular weight is 445 g/mol. The van der Waals surface area contributed by atoms with E-state index in [2.05, 4.69) is 17.4 Å². The lowest BCUT2D eigenvalue weighted by atomic mass is 9.71. The van der Waals surface area contributed by atoms with Crippen LogP contribution in [-0.4, -0.2) is 32.0 Å². The molecule has 2 aliphatic rings. The quantitative estimate of drug-likeness (QED) is 0.653. The topological polar surface area (TPSA) is 58.6 Å². The summed E-state index contributed by atoms with van der Waals surface area (Å²) < 4.78 is 5.60. The SMILES string of the molecule is CC1=C(C(=O)OC(C)C)C(c2ccc(N(C)C)cc2)C2=C(CC(c3ccccc3)CC2=O)N1. The molecule has 2 atom stereocenters. The Morgan fingerprint density at radius 1 is 1.00 bits per heavy atom. The number of carbonyl (C=O) groups is 2. The van der Waals surface area contributed by atoms with Gasteiger partial charge in [-0.3, -0.25) is 4.79 Å². The smallest absolute Gasteiger partial charge is 0.337 e. The summed E-state index contributed by atoms with van der Waals surface area (Å²) in [6.07, 6.45) is 0.929. The number of anilines is 1. The zero-order chi connectivity index (χ0) is 23.7. The normalized spacial score (nSPS) is 20.5. The van der Waals surface area contributed by atoms with Crippen LogP contribution in [0.5, 0.6) is 0 Å². The molecular formula is C28H32N2O3. The minimum Gasteiger partial charge on any atom is -0.460 e. The number of hydrogen-bond donors (Lipinski definition) is 1. The van der Waals surface area contributed by atoms with Crippen LogP contribution in [0, 0.1) is 0 Å². The standard InChI is InChI=1S/C28H32N2O3/c1-17(2)33-28(32)25-18(3)29-23-15-21(19-9-7-6-8-10-19)16-24(31)27(23)26(25)20-11-13-22(14-12-20)30(4)5/h6-14,17,21,26,29H,15-16H2,1-5H3. The van der Waals surface area contributed by atoms with E-state index in [0.717, 1.165) is 34.6 Å². The van der Waals surface area contributed by atoms with Gasteiger partial charge in [0.2, 0.25) is 0 Å². The van der Waals surface area contributed by atoms with Crippen molar-refractivity contribution in [1.29, 1.82) is 0 Å². The molecule has 2 aromatic carbocycles. The van der Waals surface area contributed by atoms with Gasteiger partial charge < -0.3 is 15.0 Å². The number of dihydropyridines is 1. The Hall–Kier alpha value is -3.34. The van der Waals surface area contributed by atoms with E-state index in [4.69, 9.17) is 4.74 Å². The molecule has 2 unspecified atom stereocenters. The van der Waals surface area contributed by atoms with Crippen molar-refractivity contribution in [3.63, 3.8) is 0 Å². The van der Waals surface area contributed by atoms with Crippen LogP contribution < -0.4 is 10.2 Å². The van der Waals surface area contributed by atoms with Crippen LogP contribution in [0.1, 0.15) is 56.6 Å². The molecule has 1 aliphatic heterocycles. The number of ether oxygens (including phenoxy) is 1. The third-order valence-corrected chi connectivity index (χ3v) is 6.40. The summed E-state index contributed by atoms with van der Waals surface area (Å²) in [4.78, 5) is 28.8. The predicted octanol–water partition coefficient (Wildman–Crippen LogP) is 5.07. The number of esters is 1. The largest absolute Gasteiger partial charge is 0.460 e. The molecule has 0 spiro atoms. The van der Waals surface area contributed by atoms with Crippen molar-refractivity contribution in [1.82, 2.24) is 5.32 Å². The van der Waals surface area contributed by atoms with Crippen molar-refractivity contribution >= 4 is 17.4 Å². The van der Waals surface area contributed by atoms with Gasteiger partial charge >= 0.3 is 5.97 Å². The van der Waals surface area contributed by atoms with Crippen LogP contribution in [0.3, 0.4) is 0 Å². The summed E-state index contributed by atoms with van der Waals surface area (Å²) in [5.41, 5.74) is 6.04. The molecule has 2 aromatic rings. The number of ketones is 1. The van der Waals surface area contributed by atoms with E-state index < -0.39 is 5.92 Å². The van der Waals surface area contributed by atoms with Gasteiger partial charge in [0.05, 0.1) is 11.7 Å². The summed E-state index contributed by atoms with van der Waals surface area (Å²) in [6, 6.07) is 18.3. The molecule has 172 valence electrons. The summed E-state index contributed by atoms with van der Waals surface area (Å²) in [5.74, 6) is -0.602. The molecule has 4 rings (SSSR count).